The molecule has 9 aliphatic rings. The highest BCUT2D eigenvalue weighted by atomic mass is 16.5. The third kappa shape index (κ3) is 9.36. The molecular formula is C66H72N6O19. The van der Waals surface area contributed by atoms with E-state index in [0.29, 0.717) is 41.7 Å². The molecule has 3 aromatic carbocycles. The predicted molar refractivity (Wildman–Crippen MR) is 327 cm³/mol. The SMILES string of the molecule is COc1ccc(N(C)C)c2c1C(O)=C1C(=O)[C@]3(O)C(O)=C(C(N)=O)C(=O)C[C@@H]3C[C@@H]1C2.Cc1ccc(N(C)C)c2c1C(O)=C1C(=O)[C@]3(O)C(O)=C(C(N)=O)C(=O)C[C@@H]3C[C@@H]1C2.Cc1cccc2c1C(O)=C1C(=O)[C@]3(O)C(O)=C(C(N)=O)C(=O)[C@@H](N(C)C)[C@@H]3C[C@@H]1C2. The van der Waals surface area contributed by atoms with Gasteiger partial charge in [0.05, 0.1) is 18.7 Å². The Balaban J connectivity index is 0.000000150. The lowest BCUT2D eigenvalue weighted by Crippen LogP contribution is -2.65. The van der Waals surface area contributed by atoms with Gasteiger partial charge in [-0.3, -0.25) is 48.1 Å². The molecule has 480 valence electrons. The number of ether oxygens (including phenoxy) is 1. The Kier molecular flexibility index (Phi) is 16.0. The van der Waals surface area contributed by atoms with E-state index >= 15 is 0 Å². The first-order valence-electron chi connectivity index (χ1n) is 29.4. The fourth-order valence-electron chi connectivity index (χ4n) is 15.8. The van der Waals surface area contributed by atoms with Gasteiger partial charge in [-0.15, -0.1) is 0 Å². The van der Waals surface area contributed by atoms with Gasteiger partial charge in [-0.05, 0) is 130 Å². The molecule has 3 saturated carbocycles. The number of methoxy groups -OCH3 is 1. The Morgan fingerprint density at radius 1 is 0.505 bits per heavy atom. The van der Waals surface area contributed by atoms with Gasteiger partial charge in [0.2, 0.25) is 17.3 Å². The Bertz CT molecular complexity index is 4070. The first-order valence-corrected chi connectivity index (χ1v) is 29.4. The van der Waals surface area contributed by atoms with Gasteiger partial charge in [0.25, 0.3) is 17.7 Å². The molecular weight excluding hydrogens is 1180 g/mol. The summed E-state index contributed by atoms with van der Waals surface area (Å²) < 4.78 is 5.40. The van der Waals surface area contributed by atoms with Crippen LogP contribution in [-0.2, 0) is 62.4 Å². The summed E-state index contributed by atoms with van der Waals surface area (Å²) in [6.45, 7) is 3.63. The van der Waals surface area contributed by atoms with Gasteiger partial charge in [0.1, 0.15) is 57.0 Å². The molecule has 0 aliphatic heterocycles. The topological polar surface area (TPSA) is 433 Å². The fraction of sp³-hybridized carbons (Fsp3) is 0.409. The number of hydrogen-bond acceptors (Lipinski definition) is 22. The quantitative estimate of drug-likeness (QED) is 0.151. The maximum Gasteiger partial charge on any atom is 0.255 e. The van der Waals surface area contributed by atoms with Crippen molar-refractivity contribution in [3.8, 4) is 5.75 Å². The number of ketones is 6. The number of nitrogens with two attached hydrogens (primary N) is 3. The summed E-state index contributed by atoms with van der Waals surface area (Å²) in [5.41, 5.74) is 13.2. The normalized spacial score (nSPS) is 28.8. The highest BCUT2D eigenvalue weighted by Gasteiger charge is 2.65. The van der Waals surface area contributed by atoms with E-state index in [1.165, 1.54) is 12.0 Å². The Labute approximate surface area is 521 Å². The number of Topliss-reactive ketones (excluding diaryl/α,β-unsaturated/α-hetero) is 6. The second-order valence-corrected chi connectivity index (χ2v) is 25.6. The van der Waals surface area contributed by atoms with Crippen molar-refractivity contribution < 1.29 is 93.8 Å². The summed E-state index contributed by atoms with van der Waals surface area (Å²) in [4.78, 5) is 119. The standard InChI is InChI=1S/C22H24N2O7.2C22H24N2O6/c1-24(2)12-4-5-14(31-3)16-11(12)7-9-6-10-8-13(25)17(21(23)29)20(28)22(10,30)19(27)15(9)18(16)26;1-9-4-5-13(24(2)3)12-7-10-6-11-8-14(25)17(21(23)29)20(28)22(11,30)19(27)16(10)18(26)15(9)12;1-9-5-4-6-10-7-11-8-12-16(24(2)3)18(26)15(21(23)29)20(28)22(12,30)19(27)14(11)17(25)13(9)10/h4-5,9-10,26,28,30H,6-8H2,1-3H3,(H2,23,29);4-5,10-11,26,28,30H,6-8H2,1-3H3,(H2,23,29);4-6,11-12,16,25,28,30H,7-8H2,1-3H3,(H2,23,29)/t9-,10+,22+;10-,11+,22+;11-,12-,16-,22-/m110/s1. The molecule has 10 atom stereocenters. The summed E-state index contributed by atoms with van der Waals surface area (Å²) in [5.74, 6) is -16.2. The van der Waals surface area contributed by atoms with Crippen LogP contribution in [0.1, 0.15) is 76.6 Å². The van der Waals surface area contributed by atoms with Gasteiger partial charge in [-0.1, -0.05) is 24.3 Å². The molecule has 15 N–H and O–H groups in total. The number of rotatable bonds is 7. The summed E-state index contributed by atoms with van der Waals surface area (Å²) in [5, 5.41) is 99.0. The lowest BCUT2D eigenvalue weighted by molar-refractivity contribution is -0.154. The number of nitrogens with zero attached hydrogens (tertiary/aromatic N) is 3. The number of aliphatic hydroxyl groups excluding tert-OH is 6. The van der Waals surface area contributed by atoms with Gasteiger partial charge >= 0.3 is 0 Å². The lowest BCUT2D eigenvalue weighted by atomic mass is 9.57. The minimum Gasteiger partial charge on any atom is -0.508 e. The molecule has 0 bridgehead atoms. The first kappa shape index (κ1) is 64.6. The van der Waals surface area contributed by atoms with Crippen LogP contribution in [-0.4, -0.2) is 176 Å². The third-order valence-electron chi connectivity index (χ3n) is 19.9. The van der Waals surface area contributed by atoms with Crippen LogP contribution in [0, 0.1) is 49.4 Å². The number of carbonyl (C=O) groups is 9. The van der Waals surface area contributed by atoms with Gasteiger partial charge < -0.3 is 77.7 Å². The summed E-state index contributed by atoms with van der Waals surface area (Å²) >= 11 is 0. The van der Waals surface area contributed by atoms with Crippen molar-refractivity contribution >= 4 is 81.1 Å². The van der Waals surface area contributed by atoms with E-state index in [2.05, 4.69) is 0 Å². The van der Waals surface area contributed by atoms with Crippen molar-refractivity contribution in [3.05, 3.63) is 138 Å². The zero-order chi connectivity index (χ0) is 67.1. The average Bonchev–Trinajstić information content (AvgIpc) is 0.731. The molecule has 0 spiro atoms. The van der Waals surface area contributed by atoms with Gasteiger partial charge in [0.15, 0.2) is 34.2 Å². The summed E-state index contributed by atoms with van der Waals surface area (Å²) in [6.07, 6.45) is 1.21. The van der Waals surface area contributed by atoms with Crippen molar-refractivity contribution in [2.75, 3.05) is 59.2 Å². The largest absolute Gasteiger partial charge is 0.508 e. The minimum atomic E-state index is -2.52. The molecule has 0 unspecified atom stereocenters. The number of amides is 3. The van der Waals surface area contributed by atoms with Crippen molar-refractivity contribution in [1.29, 1.82) is 0 Å². The first-order chi connectivity index (χ1) is 42.5. The van der Waals surface area contributed by atoms with Crippen LogP contribution in [0.3, 0.4) is 0 Å². The number of benzene rings is 3. The van der Waals surface area contributed by atoms with E-state index in [0.717, 1.165) is 39.2 Å². The molecule has 0 heterocycles. The number of likely N-dealkylation sites (N-methyl/N-ethyl adjacent to an activating group) is 1. The van der Waals surface area contributed by atoms with E-state index in [9.17, 15) is 89.1 Å². The molecule has 25 nitrogen and oxygen atoms in total. The number of primary amides is 3. The Morgan fingerprint density at radius 2 is 0.912 bits per heavy atom. The number of hydrogen-bond donors (Lipinski definition) is 12. The van der Waals surface area contributed by atoms with Crippen molar-refractivity contribution in [2.24, 2.45) is 52.7 Å². The van der Waals surface area contributed by atoms with E-state index in [-0.39, 0.29) is 66.1 Å². The third-order valence-corrected chi connectivity index (χ3v) is 19.9. The van der Waals surface area contributed by atoms with E-state index in [4.69, 9.17) is 21.9 Å². The number of aryl methyl sites for hydroxylation is 2. The molecule has 3 amide bonds. The van der Waals surface area contributed by atoms with Crippen LogP contribution in [0.5, 0.6) is 5.75 Å². The number of carbonyl (C=O) groups excluding carboxylic acids is 9. The van der Waals surface area contributed by atoms with Gasteiger partial charge in [-0.25, -0.2) is 0 Å². The second kappa shape index (κ2) is 22.5. The smallest absolute Gasteiger partial charge is 0.255 e. The van der Waals surface area contributed by atoms with Gasteiger partial charge in [0, 0.05) is 98.0 Å². The van der Waals surface area contributed by atoms with Crippen molar-refractivity contribution in [3.63, 3.8) is 0 Å². The monoisotopic (exact) mass is 1250 g/mol. The molecule has 0 aromatic heterocycles. The van der Waals surface area contributed by atoms with E-state index in [1.807, 2.05) is 88.2 Å². The maximum atomic E-state index is 13.6. The molecule has 3 fully saturated rings. The average molecular weight is 1250 g/mol. The van der Waals surface area contributed by atoms with Crippen LogP contribution in [0.2, 0.25) is 0 Å². The van der Waals surface area contributed by atoms with Crippen LogP contribution in [0.25, 0.3) is 17.3 Å². The summed E-state index contributed by atoms with van der Waals surface area (Å²) in [7, 11) is 12.1. The molecule has 12 rings (SSSR count). The van der Waals surface area contributed by atoms with E-state index < -0.39 is 145 Å². The molecule has 9 aliphatic carbocycles. The van der Waals surface area contributed by atoms with Crippen molar-refractivity contribution in [2.45, 2.75) is 88.1 Å². The zero-order valence-electron chi connectivity index (χ0n) is 51.4. The molecule has 0 saturated heterocycles. The highest BCUT2D eigenvalue weighted by molar-refractivity contribution is 6.26. The Morgan fingerprint density at radius 3 is 1.36 bits per heavy atom. The molecule has 25 heteroatoms. The minimum absolute atomic E-state index is 0.0118. The number of fused-ring (bicyclic) bond motifs is 9. The Hall–Kier alpha value is -9.43. The van der Waals surface area contributed by atoms with Crippen LogP contribution in [0.15, 0.2) is 93.2 Å². The van der Waals surface area contributed by atoms with Crippen LogP contribution in [0.4, 0.5) is 11.4 Å². The fourth-order valence-corrected chi connectivity index (χ4v) is 15.8. The molecule has 91 heavy (non-hydrogen) atoms. The second-order valence-electron chi connectivity index (χ2n) is 25.6. The highest BCUT2D eigenvalue weighted by Crippen LogP contribution is 2.56. The van der Waals surface area contributed by atoms with E-state index in [1.54, 1.807) is 20.2 Å². The number of anilines is 2. The molecule has 0 radical (unpaired) electrons. The van der Waals surface area contributed by atoms with Gasteiger partial charge in [-0.2, -0.15) is 0 Å². The molecule has 3 aromatic rings. The predicted octanol–water partition coefficient (Wildman–Crippen LogP) is 2.45. The summed E-state index contributed by atoms with van der Waals surface area (Å²) in [6, 6.07) is 11.9. The van der Waals surface area contributed by atoms with Crippen LogP contribution < -0.4 is 31.7 Å². The van der Waals surface area contributed by atoms with Crippen molar-refractivity contribution in [1.82, 2.24) is 4.90 Å². The lowest BCUT2D eigenvalue weighted by Gasteiger charge is -2.50. The maximum absolute atomic E-state index is 13.6. The number of aliphatic hydroxyl groups is 9. The zero-order valence-corrected chi connectivity index (χ0v) is 51.4. The van der Waals surface area contributed by atoms with Crippen LogP contribution >= 0.6 is 0 Å².